The number of hydrazone groups is 1. The van der Waals surface area contributed by atoms with Gasteiger partial charge in [0.05, 0.1) is 11.3 Å². The van der Waals surface area contributed by atoms with Gasteiger partial charge in [0.25, 0.3) is 5.91 Å². The molecule has 0 spiro atoms. The van der Waals surface area contributed by atoms with E-state index in [1.165, 1.54) is 0 Å². The Bertz CT molecular complexity index is 621. The largest absolute Gasteiger partial charge is 0.382 e. The second-order valence-corrected chi connectivity index (χ2v) is 4.45. The minimum atomic E-state index is -0.446. The summed E-state index contributed by atoms with van der Waals surface area (Å²) in [6, 6.07) is 8.43. The summed E-state index contributed by atoms with van der Waals surface area (Å²) in [5.74, 6) is -0.709. The standard InChI is InChI=1S/C15H20N6O2/c1-2-23-9-5-8-19-15(22)11-6-3-4-7-12(11)20-21-13(10-16)14(17)18/h3-4,6-7,20H,2,5,8-9H2,1H3,(H3,17,18)(H,19,22)/b21-13+. The first-order chi connectivity index (χ1) is 11.1. The molecule has 0 aliphatic rings. The molecule has 23 heavy (non-hydrogen) atoms. The van der Waals surface area contributed by atoms with E-state index in [-0.39, 0.29) is 11.6 Å². The highest BCUT2D eigenvalue weighted by molar-refractivity contribution is 6.45. The number of nitrogens with two attached hydrogens (primary N) is 1. The Hall–Kier alpha value is -2.92. The van der Waals surface area contributed by atoms with Gasteiger partial charge in [0.15, 0.2) is 5.84 Å². The van der Waals surface area contributed by atoms with Crippen molar-refractivity contribution >= 4 is 23.1 Å². The van der Waals surface area contributed by atoms with Crippen molar-refractivity contribution < 1.29 is 9.53 Å². The van der Waals surface area contributed by atoms with Crippen LogP contribution in [0.5, 0.6) is 0 Å². The Kier molecular flexibility index (Phi) is 7.82. The lowest BCUT2D eigenvalue weighted by Gasteiger charge is -2.10. The predicted octanol–water partition coefficient (Wildman–Crippen LogP) is 1.07. The second kappa shape index (κ2) is 9.92. The van der Waals surface area contributed by atoms with E-state index in [1.54, 1.807) is 30.3 Å². The number of benzene rings is 1. The molecule has 0 atom stereocenters. The number of nitriles is 1. The van der Waals surface area contributed by atoms with Gasteiger partial charge in [0.1, 0.15) is 6.07 Å². The molecular weight excluding hydrogens is 296 g/mol. The Morgan fingerprint density at radius 2 is 2.22 bits per heavy atom. The number of carbonyl (C=O) groups is 1. The SMILES string of the molecule is CCOCCCNC(=O)c1ccccc1N/N=C(\C#N)C(=N)N. The summed E-state index contributed by atoms with van der Waals surface area (Å²) in [4.78, 5) is 12.2. The van der Waals surface area contributed by atoms with Crippen LogP contribution < -0.4 is 16.5 Å². The fourth-order valence-corrected chi connectivity index (χ4v) is 1.66. The normalized spacial score (nSPS) is 10.7. The van der Waals surface area contributed by atoms with Crippen molar-refractivity contribution in [1.29, 1.82) is 10.7 Å². The first kappa shape index (κ1) is 18.1. The smallest absolute Gasteiger partial charge is 0.253 e. The molecule has 8 heteroatoms. The van der Waals surface area contributed by atoms with Crippen molar-refractivity contribution in [2.75, 3.05) is 25.2 Å². The van der Waals surface area contributed by atoms with Gasteiger partial charge in [-0.05, 0) is 25.5 Å². The highest BCUT2D eigenvalue weighted by atomic mass is 16.5. The summed E-state index contributed by atoms with van der Waals surface area (Å²) in [7, 11) is 0. The molecule has 0 saturated heterocycles. The van der Waals surface area contributed by atoms with E-state index >= 15 is 0 Å². The maximum atomic E-state index is 12.2. The molecule has 0 saturated carbocycles. The van der Waals surface area contributed by atoms with E-state index in [1.807, 2.05) is 6.92 Å². The van der Waals surface area contributed by atoms with Gasteiger partial charge in [0.2, 0.25) is 5.71 Å². The molecule has 0 heterocycles. The van der Waals surface area contributed by atoms with Crippen molar-refractivity contribution in [1.82, 2.24) is 5.32 Å². The van der Waals surface area contributed by atoms with E-state index in [0.717, 1.165) is 6.42 Å². The molecule has 122 valence electrons. The molecule has 1 amide bonds. The molecular formula is C15H20N6O2. The maximum absolute atomic E-state index is 12.2. The van der Waals surface area contributed by atoms with Crippen molar-refractivity contribution in [2.45, 2.75) is 13.3 Å². The summed E-state index contributed by atoms with van der Waals surface area (Å²) in [5.41, 5.74) is 8.36. The maximum Gasteiger partial charge on any atom is 0.253 e. The number of nitrogens with zero attached hydrogens (tertiary/aromatic N) is 2. The van der Waals surface area contributed by atoms with Crippen LogP contribution in [0.15, 0.2) is 29.4 Å². The Balaban J connectivity index is 2.71. The molecule has 1 rings (SSSR count). The van der Waals surface area contributed by atoms with Crippen molar-refractivity contribution in [3.63, 3.8) is 0 Å². The van der Waals surface area contributed by atoms with Gasteiger partial charge in [-0.15, -0.1) is 0 Å². The van der Waals surface area contributed by atoms with Gasteiger partial charge in [-0.2, -0.15) is 10.4 Å². The zero-order valence-electron chi connectivity index (χ0n) is 12.9. The van der Waals surface area contributed by atoms with Crippen LogP contribution in [0.1, 0.15) is 23.7 Å². The molecule has 0 radical (unpaired) electrons. The van der Waals surface area contributed by atoms with E-state index in [2.05, 4.69) is 15.8 Å². The Morgan fingerprint density at radius 1 is 1.48 bits per heavy atom. The first-order valence-electron chi connectivity index (χ1n) is 7.13. The third-order valence-corrected chi connectivity index (χ3v) is 2.78. The predicted molar refractivity (Wildman–Crippen MR) is 88.5 cm³/mol. The van der Waals surface area contributed by atoms with E-state index in [0.29, 0.717) is 31.0 Å². The number of nitrogens with one attached hydrogen (secondary N) is 3. The van der Waals surface area contributed by atoms with Crippen LogP contribution in [-0.2, 0) is 4.74 Å². The molecule has 5 N–H and O–H groups in total. The lowest BCUT2D eigenvalue weighted by atomic mass is 10.1. The molecule has 0 aliphatic carbocycles. The minimum absolute atomic E-state index is 0.253. The fourth-order valence-electron chi connectivity index (χ4n) is 1.66. The van der Waals surface area contributed by atoms with Crippen LogP contribution in [0.4, 0.5) is 5.69 Å². The Morgan fingerprint density at radius 3 is 2.87 bits per heavy atom. The number of ether oxygens (including phenoxy) is 1. The zero-order chi connectivity index (χ0) is 17.1. The Labute approximate surface area is 134 Å². The van der Waals surface area contributed by atoms with Crippen LogP contribution in [0, 0.1) is 16.7 Å². The number of hydrogen-bond donors (Lipinski definition) is 4. The van der Waals surface area contributed by atoms with Gasteiger partial charge in [-0.1, -0.05) is 12.1 Å². The van der Waals surface area contributed by atoms with Crippen molar-refractivity contribution in [3.8, 4) is 6.07 Å². The zero-order valence-corrected chi connectivity index (χ0v) is 12.9. The third kappa shape index (κ3) is 6.15. The lowest BCUT2D eigenvalue weighted by Crippen LogP contribution is -2.26. The quantitative estimate of drug-likeness (QED) is 0.234. The molecule has 0 fully saturated rings. The molecule has 8 nitrogen and oxygen atoms in total. The summed E-state index contributed by atoms with van der Waals surface area (Å²) in [6.07, 6.45) is 0.718. The number of rotatable bonds is 9. The van der Waals surface area contributed by atoms with E-state index < -0.39 is 5.84 Å². The monoisotopic (exact) mass is 316 g/mol. The summed E-state index contributed by atoms with van der Waals surface area (Å²) < 4.78 is 5.20. The number of anilines is 1. The average molecular weight is 316 g/mol. The second-order valence-electron chi connectivity index (χ2n) is 4.45. The van der Waals surface area contributed by atoms with Gasteiger partial charge in [-0.3, -0.25) is 15.6 Å². The van der Waals surface area contributed by atoms with Gasteiger partial charge in [-0.25, -0.2) is 0 Å². The topological polar surface area (TPSA) is 136 Å². The van der Waals surface area contributed by atoms with E-state index in [9.17, 15) is 4.79 Å². The summed E-state index contributed by atoms with van der Waals surface area (Å²) in [5, 5.41) is 22.5. The van der Waals surface area contributed by atoms with Crippen LogP contribution in [0.3, 0.4) is 0 Å². The average Bonchev–Trinajstić information content (AvgIpc) is 2.55. The number of hydrogen-bond acceptors (Lipinski definition) is 6. The lowest BCUT2D eigenvalue weighted by molar-refractivity contribution is 0.0945. The van der Waals surface area contributed by atoms with Gasteiger partial charge in [0, 0.05) is 19.8 Å². The minimum Gasteiger partial charge on any atom is -0.382 e. The molecule has 0 aromatic heterocycles. The van der Waals surface area contributed by atoms with Gasteiger partial charge < -0.3 is 15.8 Å². The molecule has 0 bridgehead atoms. The number of para-hydroxylation sites is 1. The van der Waals surface area contributed by atoms with Crippen LogP contribution >= 0.6 is 0 Å². The highest BCUT2D eigenvalue weighted by Gasteiger charge is 2.10. The third-order valence-electron chi connectivity index (χ3n) is 2.78. The molecule has 0 aliphatic heterocycles. The highest BCUT2D eigenvalue weighted by Crippen LogP contribution is 2.14. The first-order valence-corrected chi connectivity index (χ1v) is 7.13. The van der Waals surface area contributed by atoms with Gasteiger partial charge >= 0.3 is 0 Å². The fraction of sp³-hybridized carbons (Fsp3) is 0.333. The molecule has 0 unspecified atom stereocenters. The van der Waals surface area contributed by atoms with Crippen molar-refractivity contribution in [3.05, 3.63) is 29.8 Å². The number of amidine groups is 1. The van der Waals surface area contributed by atoms with Crippen LogP contribution in [-0.4, -0.2) is 37.2 Å². The van der Waals surface area contributed by atoms with Crippen LogP contribution in [0.2, 0.25) is 0 Å². The van der Waals surface area contributed by atoms with Crippen LogP contribution in [0.25, 0.3) is 0 Å². The molecule has 1 aromatic rings. The van der Waals surface area contributed by atoms with Crippen molar-refractivity contribution in [2.24, 2.45) is 10.8 Å². The summed E-state index contributed by atoms with van der Waals surface area (Å²) >= 11 is 0. The number of carbonyl (C=O) groups excluding carboxylic acids is 1. The summed E-state index contributed by atoms with van der Waals surface area (Å²) in [6.45, 7) is 3.64. The molecule has 1 aromatic carbocycles. The number of amides is 1. The van der Waals surface area contributed by atoms with E-state index in [4.69, 9.17) is 21.1 Å².